The Labute approximate surface area is 412 Å². The fraction of sp³-hybridized carbons (Fsp3) is 0.500. The largest absolute Gasteiger partial charge is 0.462 e. The van der Waals surface area contributed by atoms with Gasteiger partial charge in [0.15, 0.2) is 17.3 Å². The van der Waals surface area contributed by atoms with Crippen LogP contribution < -0.4 is 0 Å². The summed E-state index contributed by atoms with van der Waals surface area (Å²) < 4.78 is 17.9. The van der Waals surface area contributed by atoms with Crippen LogP contribution in [0.2, 0.25) is 0 Å². The molecule has 9 heteroatoms. The number of rotatable bonds is 9. The van der Waals surface area contributed by atoms with E-state index in [1.165, 1.54) is 0 Å². The van der Waals surface area contributed by atoms with Crippen LogP contribution >= 0.6 is 0 Å². The van der Waals surface area contributed by atoms with Crippen molar-refractivity contribution < 1.29 is 43.0 Å². The minimum atomic E-state index is -0.388. The molecule has 9 nitrogen and oxygen atoms in total. The standard InChI is InChI=1S/C60H78O9/c1-4-7-16-28-49-37-40-52-46(34-43-55(52)61)25-19-11-14-23-32-59(65)68-51(30-18-9-6-3)39-42-54-48(36-45-57(54)63)27-21-12-15-24-33-60(66)69-50(29-17-8-5-2)38-41-53-47(35-44-56(53)62)26-20-10-13-22-31-58(64)67-49/h7-12,16-21,34-36,40-51H,4-6,13-15,22-33,37-39H2,1-3H3/b16-7-,17-8-,18-9-,19-11-,20-10-,21-12-,52-40+,53-41+,54-42+/t46-,47-,48-,49-,50-,51-/m0/s1. The lowest BCUT2D eigenvalue weighted by atomic mass is 9.96. The van der Waals surface area contributed by atoms with Crippen LogP contribution in [0, 0.1) is 17.8 Å². The maximum absolute atomic E-state index is 13.0. The molecule has 0 spiro atoms. The lowest BCUT2D eigenvalue weighted by Gasteiger charge is -2.16. The lowest BCUT2D eigenvalue weighted by molar-refractivity contribution is -0.149. The minimum absolute atomic E-state index is 0.0259. The van der Waals surface area contributed by atoms with E-state index in [0.29, 0.717) is 113 Å². The summed E-state index contributed by atoms with van der Waals surface area (Å²) in [5, 5.41) is 0. The zero-order valence-electron chi connectivity index (χ0n) is 41.6. The van der Waals surface area contributed by atoms with Gasteiger partial charge < -0.3 is 14.2 Å². The lowest BCUT2D eigenvalue weighted by Crippen LogP contribution is -2.17. The number of hydrogen-bond donors (Lipinski definition) is 0. The average molecular weight is 943 g/mol. The van der Waals surface area contributed by atoms with Gasteiger partial charge in [-0.3, -0.25) is 28.8 Å². The topological polar surface area (TPSA) is 130 Å². The van der Waals surface area contributed by atoms with Crippen molar-refractivity contribution in [2.24, 2.45) is 17.8 Å². The van der Waals surface area contributed by atoms with Gasteiger partial charge >= 0.3 is 17.9 Å². The normalized spacial score (nSPS) is 29.9. The molecule has 0 unspecified atom stereocenters. The highest BCUT2D eigenvalue weighted by atomic mass is 16.6. The predicted octanol–water partition coefficient (Wildman–Crippen LogP) is 13.4. The molecule has 0 aromatic heterocycles. The van der Waals surface area contributed by atoms with Crippen LogP contribution in [0.4, 0.5) is 0 Å². The molecule has 1 aliphatic heterocycles. The first kappa shape index (κ1) is 55.9. The summed E-state index contributed by atoms with van der Waals surface area (Å²) in [7, 11) is 0. The molecule has 0 saturated carbocycles. The van der Waals surface area contributed by atoms with Crippen molar-refractivity contribution in [1.29, 1.82) is 0 Å². The third-order valence-corrected chi connectivity index (χ3v) is 12.5. The van der Waals surface area contributed by atoms with Gasteiger partial charge in [0.25, 0.3) is 0 Å². The number of allylic oxidation sites excluding steroid dienone is 18. The van der Waals surface area contributed by atoms with Gasteiger partial charge in [0, 0.05) is 92.3 Å². The summed E-state index contributed by atoms with van der Waals surface area (Å²) in [6.07, 6.45) is 52.1. The highest BCUT2D eigenvalue weighted by Crippen LogP contribution is 2.30. The summed E-state index contributed by atoms with van der Waals surface area (Å²) in [5.41, 5.74) is 2.12. The van der Waals surface area contributed by atoms with E-state index in [-0.39, 0.29) is 90.6 Å². The van der Waals surface area contributed by atoms with Gasteiger partial charge in [0.05, 0.1) is 0 Å². The molecule has 1 heterocycles. The second kappa shape index (κ2) is 32.9. The summed E-state index contributed by atoms with van der Waals surface area (Å²) in [6, 6.07) is 0. The highest BCUT2D eigenvalue weighted by Gasteiger charge is 2.26. The van der Waals surface area contributed by atoms with Gasteiger partial charge in [0.1, 0.15) is 18.3 Å². The van der Waals surface area contributed by atoms with Crippen LogP contribution in [0.1, 0.15) is 156 Å². The highest BCUT2D eigenvalue weighted by molar-refractivity contribution is 6.08. The Morgan fingerprint density at radius 2 is 0.696 bits per heavy atom. The average Bonchev–Trinajstić information content (AvgIpc) is 4.00. The molecular formula is C60H78O9. The van der Waals surface area contributed by atoms with Crippen LogP contribution in [-0.4, -0.2) is 53.6 Å². The number of carbonyl (C=O) groups is 6. The van der Waals surface area contributed by atoms with Crippen molar-refractivity contribution >= 4 is 35.3 Å². The molecule has 6 atom stereocenters. The number of ether oxygens (including phenoxy) is 3. The number of cyclic esters (lactones) is 3. The maximum atomic E-state index is 13.0. The van der Waals surface area contributed by atoms with Crippen molar-refractivity contribution in [2.45, 2.75) is 174 Å². The van der Waals surface area contributed by atoms with Crippen LogP contribution in [0.3, 0.4) is 0 Å². The molecule has 3 aliphatic carbocycles. The molecule has 372 valence electrons. The quantitative estimate of drug-likeness (QED) is 0.126. The Hall–Kier alpha value is -5.70. The third kappa shape index (κ3) is 21.6. The number of fused-ring (bicyclic) bond motifs is 3. The van der Waals surface area contributed by atoms with Gasteiger partial charge in [-0.05, 0) is 95.3 Å². The van der Waals surface area contributed by atoms with E-state index in [2.05, 4.69) is 57.2 Å². The van der Waals surface area contributed by atoms with Gasteiger partial charge in [-0.25, -0.2) is 0 Å². The Morgan fingerprint density at radius 1 is 0.406 bits per heavy atom. The molecule has 0 bridgehead atoms. The zero-order chi connectivity index (χ0) is 49.5. The van der Waals surface area contributed by atoms with E-state index in [4.69, 9.17) is 14.2 Å². The molecule has 4 rings (SSSR count). The molecule has 4 aliphatic rings. The first-order valence-electron chi connectivity index (χ1n) is 25.9. The van der Waals surface area contributed by atoms with E-state index in [9.17, 15) is 28.8 Å². The number of esters is 3. The Bertz CT molecular complexity index is 1840. The van der Waals surface area contributed by atoms with Crippen LogP contribution in [-0.2, 0) is 43.0 Å². The van der Waals surface area contributed by atoms with Crippen molar-refractivity contribution in [3.8, 4) is 0 Å². The molecule has 0 aromatic carbocycles. The van der Waals surface area contributed by atoms with E-state index >= 15 is 0 Å². The van der Waals surface area contributed by atoms with Gasteiger partial charge in [0.2, 0.25) is 0 Å². The zero-order valence-corrected chi connectivity index (χ0v) is 41.6. The van der Waals surface area contributed by atoms with Crippen molar-refractivity contribution in [3.05, 3.63) is 144 Å². The van der Waals surface area contributed by atoms with Crippen LogP contribution in [0.15, 0.2) is 144 Å². The molecule has 0 saturated heterocycles. The molecule has 0 aromatic rings. The summed E-state index contributed by atoms with van der Waals surface area (Å²) in [5.74, 6) is -1.09. The molecular weight excluding hydrogens is 865 g/mol. The van der Waals surface area contributed by atoms with Crippen molar-refractivity contribution in [1.82, 2.24) is 0 Å². The molecule has 0 N–H and O–H groups in total. The summed E-state index contributed by atoms with van der Waals surface area (Å²) in [4.78, 5) is 77.9. The predicted molar refractivity (Wildman–Crippen MR) is 276 cm³/mol. The molecule has 0 radical (unpaired) electrons. The summed E-state index contributed by atoms with van der Waals surface area (Å²) >= 11 is 0. The first-order valence-corrected chi connectivity index (χ1v) is 25.9. The second-order valence-corrected chi connectivity index (χ2v) is 18.2. The van der Waals surface area contributed by atoms with E-state index in [1.807, 2.05) is 72.9 Å². The summed E-state index contributed by atoms with van der Waals surface area (Å²) in [6.45, 7) is 6.16. The smallest absolute Gasteiger partial charge is 0.306 e. The van der Waals surface area contributed by atoms with Crippen molar-refractivity contribution in [3.63, 3.8) is 0 Å². The Balaban J connectivity index is 1.46. The third-order valence-electron chi connectivity index (χ3n) is 12.5. The fourth-order valence-electron chi connectivity index (χ4n) is 8.64. The minimum Gasteiger partial charge on any atom is -0.462 e. The molecule has 0 amide bonds. The van der Waals surface area contributed by atoms with E-state index in [0.717, 1.165) is 19.3 Å². The second-order valence-electron chi connectivity index (χ2n) is 18.2. The number of carbonyl (C=O) groups excluding carboxylic acids is 6. The number of ketones is 3. The Morgan fingerprint density at radius 3 is 0.971 bits per heavy atom. The van der Waals surface area contributed by atoms with Crippen molar-refractivity contribution in [2.75, 3.05) is 0 Å². The van der Waals surface area contributed by atoms with Crippen LogP contribution in [0.25, 0.3) is 0 Å². The molecule has 0 fully saturated rings. The van der Waals surface area contributed by atoms with Gasteiger partial charge in [-0.2, -0.15) is 0 Å². The Kier molecular flexibility index (Phi) is 26.7. The van der Waals surface area contributed by atoms with E-state index in [1.54, 1.807) is 18.2 Å². The maximum Gasteiger partial charge on any atom is 0.306 e. The van der Waals surface area contributed by atoms with Crippen LogP contribution in [0.5, 0.6) is 0 Å². The SMILES string of the molecule is CC/C=C\C[C@H]1C/C=C2/C(=O)C=C[C@@H]2C/C=C\CCCC(=O)O[C@@H](C/C=C\CC)C/C=C2/C(=O)C=C[C@@H]2C/C=C\CCCC(=O)O[C@@H](C/C=C\CC)C/C=C2/C(=O)C=C[C@@H]2C/C=C\CCCC(=O)O1. The van der Waals surface area contributed by atoms with E-state index < -0.39 is 0 Å². The molecule has 69 heavy (non-hydrogen) atoms. The van der Waals surface area contributed by atoms with Gasteiger partial charge in [-0.1, -0.05) is 130 Å². The number of hydrogen-bond acceptors (Lipinski definition) is 9. The fourth-order valence-corrected chi connectivity index (χ4v) is 8.64. The monoisotopic (exact) mass is 943 g/mol. The first-order chi connectivity index (χ1) is 33.6. The van der Waals surface area contributed by atoms with Gasteiger partial charge in [-0.15, -0.1) is 0 Å².